The van der Waals surface area contributed by atoms with Gasteiger partial charge in [0.15, 0.2) is 0 Å². The van der Waals surface area contributed by atoms with Crippen LogP contribution in [0.25, 0.3) is 10.8 Å². The number of hydrogen-bond acceptors (Lipinski definition) is 7. The van der Waals surface area contributed by atoms with Gasteiger partial charge in [-0.2, -0.15) is 0 Å². The molecule has 84 valence electrons. The van der Waals surface area contributed by atoms with Crippen molar-refractivity contribution in [2.75, 3.05) is 6.61 Å². The number of rotatable bonds is 5. The lowest BCUT2D eigenvalue weighted by Gasteiger charge is -1.94. The Morgan fingerprint density at radius 1 is 1.56 bits per heavy atom. The maximum atomic E-state index is 10.2. The van der Waals surface area contributed by atoms with Gasteiger partial charge in [-0.15, -0.1) is 21.5 Å². The zero-order valence-electron chi connectivity index (χ0n) is 7.99. The third-order valence-electron chi connectivity index (χ3n) is 1.56. The van der Waals surface area contributed by atoms with Crippen LogP contribution in [0.15, 0.2) is 16.1 Å². The van der Waals surface area contributed by atoms with Gasteiger partial charge >= 0.3 is 5.97 Å². The van der Waals surface area contributed by atoms with Crippen molar-refractivity contribution in [2.24, 2.45) is 0 Å². The van der Waals surface area contributed by atoms with E-state index in [0.29, 0.717) is 5.89 Å². The zero-order valence-corrected chi connectivity index (χ0v) is 8.81. The van der Waals surface area contributed by atoms with Gasteiger partial charge in [-0.25, -0.2) is 4.79 Å². The van der Waals surface area contributed by atoms with Crippen molar-refractivity contribution >= 4 is 17.3 Å². The molecule has 2 aromatic heterocycles. The van der Waals surface area contributed by atoms with E-state index in [9.17, 15) is 4.79 Å². The number of carbonyl (C=O) groups is 1. The summed E-state index contributed by atoms with van der Waals surface area (Å²) >= 11 is 1.38. The number of hydrogen-bond donors (Lipinski definition) is 1. The van der Waals surface area contributed by atoms with Gasteiger partial charge in [0.1, 0.15) is 18.1 Å². The smallest absolute Gasteiger partial charge is 0.329 e. The summed E-state index contributed by atoms with van der Waals surface area (Å²) in [5.74, 6) is -0.441. The van der Waals surface area contributed by atoms with Gasteiger partial charge in [0.2, 0.25) is 5.89 Å². The molecule has 2 rings (SSSR count). The van der Waals surface area contributed by atoms with Crippen LogP contribution in [0.2, 0.25) is 0 Å². The highest BCUT2D eigenvalue weighted by Crippen LogP contribution is 2.21. The number of carboxylic acids is 1. The first kappa shape index (κ1) is 10.7. The quantitative estimate of drug-likeness (QED) is 0.826. The maximum Gasteiger partial charge on any atom is 0.329 e. The third-order valence-corrected chi connectivity index (χ3v) is 2.32. The summed E-state index contributed by atoms with van der Waals surface area (Å²) in [6.07, 6.45) is 1.61. The fraction of sp³-hybridized carbons (Fsp3) is 0.250. The van der Waals surface area contributed by atoms with E-state index < -0.39 is 12.6 Å². The minimum Gasteiger partial charge on any atom is -0.480 e. The fourth-order valence-corrected chi connectivity index (χ4v) is 1.50. The molecule has 0 bridgehead atoms. The Morgan fingerprint density at radius 3 is 3.12 bits per heavy atom. The molecule has 1 N–H and O–H groups in total. The van der Waals surface area contributed by atoms with Crippen LogP contribution in [0.5, 0.6) is 0 Å². The second-order valence-corrected chi connectivity index (χ2v) is 3.64. The second-order valence-electron chi connectivity index (χ2n) is 2.75. The van der Waals surface area contributed by atoms with E-state index in [1.165, 1.54) is 11.3 Å². The normalized spacial score (nSPS) is 10.5. The topological polar surface area (TPSA) is 98.3 Å². The van der Waals surface area contributed by atoms with E-state index in [0.717, 1.165) is 4.88 Å². The molecule has 0 spiro atoms. The molecule has 0 saturated carbocycles. The molecule has 0 atom stereocenters. The molecule has 0 aliphatic carbocycles. The van der Waals surface area contributed by atoms with Gasteiger partial charge < -0.3 is 14.3 Å². The molecule has 7 nitrogen and oxygen atoms in total. The van der Waals surface area contributed by atoms with Crippen molar-refractivity contribution in [3.05, 3.63) is 17.6 Å². The van der Waals surface area contributed by atoms with Crippen molar-refractivity contribution in [3.63, 3.8) is 0 Å². The van der Waals surface area contributed by atoms with E-state index in [-0.39, 0.29) is 12.5 Å². The van der Waals surface area contributed by atoms with E-state index in [4.69, 9.17) is 14.3 Å². The lowest BCUT2D eigenvalue weighted by atomic mass is 10.6. The molecule has 0 aliphatic rings. The number of nitrogens with zero attached hydrogens (tertiary/aromatic N) is 3. The van der Waals surface area contributed by atoms with Crippen LogP contribution in [0.4, 0.5) is 0 Å². The summed E-state index contributed by atoms with van der Waals surface area (Å²) < 4.78 is 10.0. The zero-order chi connectivity index (χ0) is 11.4. The Kier molecular flexibility index (Phi) is 3.22. The lowest BCUT2D eigenvalue weighted by Crippen LogP contribution is -2.06. The van der Waals surface area contributed by atoms with Crippen LogP contribution >= 0.6 is 11.3 Å². The molecule has 0 unspecified atom stereocenters. The molecule has 2 aromatic rings. The highest BCUT2D eigenvalue weighted by Gasteiger charge is 2.10. The van der Waals surface area contributed by atoms with Crippen LogP contribution in [-0.2, 0) is 16.1 Å². The molecule has 8 heteroatoms. The number of aliphatic carboxylic acids is 1. The molecular formula is C8H7N3O4S. The average molecular weight is 241 g/mol. The average Bonchev–Trinajstić information content (AvgIpc) is 2.85. The summed E-state index contributed by atoms with van der Waals surface area (Å²) in [6, 6.07) is 0. The Balaban J connectivity index is 1.95. The summed E-state index contributed by atoms with van der Waals surface area (Å²) in [7, 11) is 0. The molecule has 2 heterocycles. The molecule has 0 amide bonds. The van der Waals surface area contributed by atoms with Crippen molar-refractivity contribution < 1.29 is 19.1 Å². The summed E-state index contributed by atoms with van der Waals surface area (Å²) in [5.41, 5.74) is 1.65. The lowest BCUT2D eigenvalue weighted by molar-refractivity contribution is -0.142. The molecule has 0 radical (unpaired) electrons. The first-order chi connectivity index (χ1) is 7.75. The van der Waals surface area contributed by atoms with Crippen molar-refractivity contribution in [2.45, 2.75) is 6.61 Å². The van der Waals surface area contributed by atoms with Gasteiger partial charge in [0, 0.05) is 0 Å². The van der Waals surface area contributed by atoms with Crippen LogP contribution in [-0.4, -0.2) is 32.9 Å². The van der Waals surface area contributed by atoms with Crippen molar-refractivity contribution in [1.29, 1.82) is 0 Å². The Labute approximate surface area is 93.7 Å². The highest BCUT2D eigenvalue weighted by molar-refractivity contribution is 7.13. The van der Waals surface area contributed by atoms with Crippen LogP contribution in [0, 0.1) is 0 Å². The predicted molar refractivity (Wildman–Crippen MR) is 52.7 cm³/mol. The van der Waals surface area contributed by atoms with Crippen LogP contribution in [0.1, 0.15) is 5.89 Å². The van der Waals surface area contributed by atoms with E-state index >= 15 is 0 Å². The maximum absolute atomic E-state index is 10.2. The van der Waals surface area contributed by atoms with Crippen LogP contribution in [0.3, 0.4) is 0 Å². The Bertz CT molecular complexity index is 467. The van der Waals surface area contributed by atoms with Gasteiger partial charge in [0.25, 0.3) is 5.89 Å². The Morgan fingerprint density at radius 2 is 2.44 bits per heavy atom. The molecular weight excluding hydrogens is 234 g/mol. The number of aromatic nitrogens is 3. The standard InChI is InChI=1S/C8H7N3O4S/c12-7(13)3-14-2-6-10-11-8(15-6)5-1-9-4-16-5/h1,4H,2-3H2,(H,12,13). The molecule has 0 aromatic carbocycles. The van der Waals surface area contributed by atoms with Crippen molar-refractivity contribution in [1.82, 2.24) is 15.2 Å². The van der Waals surface area contributed by atoms with E-state index in [1.807, 2.05) is 0 Å². The monoisotopic (exact) mass is 241 g/mol. The van der Waals surface area contributed by atoms with E-state index in [2.05, 4.69) is 15.2 Å². The van der Waals surface area contributed by atoms with Crippen LogP contribution < -0.4 is 0 Å². The minimum atomic E-state index is -1.04. The van der Waals surface area contributed by atoms with Gasteiger partial charge in [-0.1, -0.05) is 0 Å². The number of carboxylic acid groups (broad SMARTS) is 1. The summed E-state index contributed by atoms with van der Waals surface area (Å²) in [6.45, 7) is -0.406. The SMILES string of the molecule is O=C(O)COCc1nnc(-c2cncs2)o1. The fourth-order valence-electron chi connectivity index (χ4n) is 0.959. The Hall–Kier alpha value is -1.80. The molecule has 0 saturated heterocycles. The second kappa shape index (κ2) is 4.81. The first-order valence-electron chi connectivity index (χ1n) is 4.26. The summed E-state index contributed by atoms with van der Waals surface area (Å²) in [5, 5.41) is 15.8. The minimum absolute atomic E-state index is 0.0158. The van der Waals surface area contributed by atoms with Gasteiger partial charge in [-0.3, -0.25) is 4.98 Å². The molecule has 0 aliphatic heterocycles. The predicted octanol–water partition coefficient (Wildman–Crippen LogP) is 0.794. The third kappa shape index (κ3) is 2.61. The van der Waals surface area contributed by atoms with Crippen molar-refractivity contribution in [3.8, 4) is 10.8 Å². The number of ether oxygens (including phenoxy) is 1. The first-order valence-corrected chi connectivity index (χ1v) is 5.14. The van der Waals surface area contributed by atoms with E-state index in [1.54, 1.807) is 11.7 Å². The summed E-state index contributed by atoms with van der Waals surface area (Å²) in [4.78, 5) is 14.8. The molecule has 16 heavy (non-hydrogen) atoms. The largest absolute Gasteiger partial charge is 0.480 e. The highest BCUT2D eigenvalue weighted by atomic mass is 32.1. The van der Waals surface area contributed by atoms with Gasteiger partial charge in [0.05, 0.1) is 11.7 Å². The molecule has 0 fully saturated rings. The number of thiazole rings is 1. The van der Waals surface area contributed by atoms with Gasteiger partial charge in [-0.05, 0) is 0 Å².